The van der Waals surface area contributed by atoms with Crippen molar-refractivity contribution in [1.29, 1.82) is 0 Å². The molecule has 0 atom stereocenters. The number of carbonyl (C=O) groups is 1. The Morgan fingerprint density at radius 2 is 2.11 bits per heavy atom. The summed E-state index contributed by atoms with van der Waals surface area (Å²) in [5.41, 5.74) is 7.75. The minimum atomic E-state index is -0.214. The Hall–Kier alpha value is -2.50. The summed E-state index contributed by atoms with van der Waals surface area (Å²) in [7, 11) is 1.57. The molecule has 0 fully saturated rings. The maximum Gasteiger partial charge on any atom is 0.314 e. The lowest BCUT2D eigenvalue weighted by Gasteiger charge is -2.05. The Kier molecular flexibility index (Phi) is 4.02. The van der Waals surface area contributed by atoms with E-state index in [1.807, 2.05) is 36.4 Å². The third kappa shape index (κ3) is 3.25. The van der Waals surface area contributed by atoms with Gasteiger partial charge in [-0.1, -0.05) is 30.3 Å². The minimum absolute atomic E-state index is 0.214. The highest BCUT2D eigenvalue weighted by atomic mass is 16.2. The average Bonchev–Trinajstić information content (AvgIpc) is 2.81. The van der Waals surface area contributed by atoms with Crippen molar-refractivity contribution in [1.82, 2.24) is 20.4 Å². The van der Waals surface area contributed by atoms with Crippen LogP contribution in [0.1, 0.15) is 0 Å². The largest absolute Gasteiger partial charge is 0.384 e. The highest BCUT2D eigenvalue weighted by Gasteiger charge is 2.06. The first-order valence-electron chi connectivity index (χ1n) is 6.05. The van der Waals surface area contributed by atoms with Crippen LogP contribution in [0.15, 0.2) is 36.4 Å². The molecule has 100 valence electrons. The molecule has 2 aromatic rings. The second-order valence-electron chi connectivity index (χ2n) is 4.05. The predicted molar refractivity (Wildman–Crippen MR) is 74.5 cm³/mol. The number of hydrogen-bond donors (Lipinski definition) is 3. The summed E-state index contributed by atoms with van der Waals surface area (Å²) in [5, 5.41) is 9.60. The standard InChI is InChI=1S/C13H17N5O/c1-15-13(19)16-7-8-18-12(14)9-11(17-18)10-5-3-2-4-6-10/h2-6,9H,7-8,14H2,1H3,(H2,15,16,19). The zero-order chi connectivity index (χ0) is 13.7. The maximum atomic E-state index is 11.0. The van der Waals surface area contributed by atoms with Crippen LogP contribution in [-0.4, -0.2) is 29.4 Å². The van der Waals surface area contributed by atoms with Crippen molar-refractivity contribution in [3.63, 3.8) is 0 Å². The van der Waals surface area contributed by atoms with Crippen LogP contribution in [-0.2, 0) is 6.54 Å². The summed E-state index contributed by atoms with van der Waals surface area (Å²) >= 11 is 0. The number of nitrogens with one attached hydrogen (secondary N) is 2. The van der Waals surface area contributed by atoms with Crippen molar-refractivity contribution in [2.75, 3.05) is 19.3 Å². The molecule has 0 aliphatic heterocycles. The lowest BCUT2D eigenvalue weighted by molar-refractivity contribution is 0.242. The SMILES string of the molecule is CNC(=O)NCCn1nc(-c2ccccc2)cc1N. The van der Waals surface area contributed by atoms with Crippen molar-refractivity contribution in [2.24, 2.45) is 0 Å². The molecule has 4 N–H and O–H groups in total. The fourth-order valence-corrected chi connectivity index (χ4v) is 1.72. The van der Waals surface area contributed by atoms with Gasteiger partial charge in [0.1, 0.15) is 5.82 Å². The number of carbonyl (C=O) groups excluding carboxylic acids is 1. The number of nitrogens with zero attached hydrogens (tertiary/aromatic N) is 2. The summed E-state index contributed by atoms with van der Waals surface area (Å²) in [6.07, 6.45) is 0. The predicted octanol–water partition coefficient (Wildman–Crippen LogP) is 1.06. The molecule has 0 aliphatic carbocycles. The van der Waals surface area contributed by atoms with Crippen LogP contribution in [0.2, 0.25) is 0 Å². The van der Waals surface area contributed by atoms with Crippen molar-refractivity contribution in [3.8, 4) is 11.3 Å². The van der Waals surface area contributed by atoms with Gasteiger partial charge >= 0.3 is 6.03 Å². The van der Waals surface area contributed by atoms with Crippen molar-refractivity contribution < 1.29 is 4.79 Å². The van der Waals surface area contributed by atoms with Gasteiger partial charge in [0.2, 0.25) is 0 Å². The number of benzene rings is 1. The monoisotopic (exact) mass is 259 g/mol. The molecular weight excluding hydrogens is 242 g/mol. The number of amides is 2. The van der Waals surface area contributed by atoms with Gasteiger partial charge in [-0.25, -0.2) is 9.48 Å². The van der Waals surface area contributed by atoms with E-state index in [1.54, 1.807) is 11.7 Å². The molecule has 1 heterocycles. The van der Waals surface area contributed by atoms with E-state index in [4.69, 9.17) is 5.73 Å². The van der Waals surface area contributed by atoms with E-state index in [2.05, 4.69) is 15.7 Å². The highest BCUT2D eigenvalue weighted by Crippen LogP contribution is 2.19. The van der Waals surface area contributed by atoms with Crippen LogP contribution in [0.5, 0.6) is 0 Å². The third-order valence-electron chi connectivity index (χ3n) is 2.72. The molecule has 1 aromatic heterocycles. The van der Waals surface area contributed by atoms with Gasteiger partial charge in [0, 0.05) is 25.2 Å². The number of aromatic nitrogens is 2. The number of rotatable bonds is 4. The van der Waals surface area contributed by atoms with E-state index >= 15 is 0 Å². The Balaban J connectivity index is 2.03. The smallest absolute Gasteiger partial charge is 0.314 e. The van der Waals surface area contributed by atoms with E-state index < -0.39 is 0 Å². The molecule has 0 spiro atoms. The van der Waals surface area contributed by atoms with Crippen LogP contribution in [0.25, 0.3) is 11.3 Å². The molecule has 0 saturated carbocycles. The highest BCUT2D eigenvalue weighted by molar-refractivity contribution is 5.73. The van der Waals surface area contributed by atoms with Crippen LogP contribution in [0.4, 0.5) is 10.6 Å². The lowest BCUT2D eigenvalue weighted by Crippen LogP contribution is -2.35. The van der Waals surface area contributed by atoms with E-state index in [-0.39, 0.29) is 6.03 Å². The normalized spacial score (nSPS) is 10.2. The van der Waals surface area contributed by atoms with Gasteiger partial charge in [-0.2, -0.15) is 5.10 Å². The average molecular weight is 259 g/mol. The fraction of sp³-hybridized carbons (Fsp3) is 0.231. The van der Waals surface area contributed by atoms with E-state index in [0.717, 1.165) is 11.3 Å². The topological polar surface area (TPSA) is 85.0 Å². The molecule has 2 rings (SSSR count). The van der Waals surface area contributed by atoms with E-state index in [1.165, 1.54) is 0 Å². The van der Waals surface area contributed by atoms with Gasteiger partial charge in [-0.3, -0.25) is 0 Å². The summed E-state index contributed by atoms with van der Waals surface area (Å²) < 4.78 is 1.68. The van der Waals surface area contributed by atoms with Gasteiger partial charge in [-0.05, 0) is 0 Å². The molecule has 6 nitrogen and oxygen atoms in total. The molecule has 0 radical (unpaired) electrons. The molecule has 19 heavy (non-hydrogen) atoms. The van der Waals surface area contributed by atoms with Crippen molar-refractivity contribution >= 4 is 11.8 Å². The maximum absolute atomic E-state index is 11.0. The number of anilines is 1. The van der Waals surface area contributed by atoms with Gasteiger partial charge < -0.3 is 16.4 Å². The van der Waals surface area contributed by atoms with Gasteiger partial charge in [-0.15, -0.1) is 0 Å². The second-order valence-corrected chi connectivity index (χ2v) is 4.05. The first kappa shape index (κ1) is 12.9. The molecule has 0 bridgehead atoms. The van der Waals surface area contributed by atoms with Crippen LogP contribution >= 0.6 is 0 Å². The quantitative estimate of drug-likeness (QED) is 0.767. The molecule has 0 aliphatic rings. The number of urea groups is 1. The number of nitrogens with two attached hydrogens (primary N) is 1. The molecule has 6 heteroatoms. The first-order chi connectivity index (χ1) is 9.20. The summed E-state index contributed by atoms with van der Waals surface area (Å²) in [5.74, 6) is 0.581. The van der Waals surface area contributed by atoms with E-state index in [0.29, 0.717) is 18.9 Å². The molecule has 0 unspecified atom stereocenters. The molecule has 1 aromatic carbocycles. The first-order valence-corrected chi connectivity index (χ1v) is 6.05. The zero-order valence-corrected chi connectivity index (χ0v) is 10.8. The van der Waals surface area contributed by atoms with Crippen LogP contribution in [0.3, 0.4) is 0 Å². The number of hydrogen-bond acceptors (Lipinski definition) is 3. The molecular formula is C13H17N5O. The number of nitrogen functional groups attached to an aromatic ring is 1. The van der Waals surface area contributed by atoms with Crippen molar-refractivity contribution in [3.05, 3.63) is 36.4 Å². The fourth-order valence-electron chi connectivity index (χ4n) is 1.72. The van der Waals surface area contributed by atoms with Gasteiger partial charge in [0.05, 0.1) is 12.2 Å². The van der Waals surface area contributed by atoms with Crippen LogP contribution < -0.4 is 16.4 Å². The Labute approximate surface area is 111 Å². The molecule has 0 saturated heterocycles. The minimum Gasteiger partial charge on any atom is -0.384 e. The van der Waals surface area contributed by atoms with Gasteiger partial charge in [0.25, 0.3) is 0 Å². The Morgan fingerprint density at radius 1 is 1.37 bits per heavy atom. The van der Waals surface area contributed by atoms with Gasteiger partial charge in [0.15, 0.2) is 0 Å². The van der Waals surface area contributed by atoms with E-state index in [9.17, 15) is 4.79 Å². The van der Waals surface area contributed by atoms with Crippen LogP contribution in [0, 0.1) is 0 Å². The Bertz CT molecular complexity index is 549. The molecule has 2 amide bonds. The van der Waals surface area contributed by atoms with Crippen molar-refractivity contribution in [2.45, 2.75) is 6.54 Å². The lowest BCUT2D eigenvalue weighted by atomic mass is 10.2. The second kappa shape index (κ2) is 5.90. The summed E-state index contributed by atoms with van der Waals surface area (Å²) in [6.45, 7) is 1.01. The summed E-state index contributed by atoms with van der Waals surface area (Å²) in [6, 6.07) is 11.4. The third-order valence-corrected chi connectivity index (χ3v) is 2.72. The zero-order valence-electron chi connectivity index (χ0n) is 10.8. The Morgan fingerprint density at radius 3 is 2.79 bits per heavy atom. The summed E-state index contributed by atoms with van der Waals surface area (Å²) in [4.78, 5) is 11.0.